The standard InChI is InChI=1S/C10H28N2OSi2/c1-8-13-15(11-4,9-10(2)3)12-14(5,6)7/h10-12H,8-9H2,1-7H3. The molecule has 0 aromatic heterocycles. The van der Waals surface area contributed by atoms with Gasteiger partial charge in [-0.3, -0.25) is 0 Å². The van der Waals surface area contributed by atoms with Crippen LogP contribution in [0.1, 0.15) is 20.8 Å². The molecule has 0 radical (unpaired) electrons. The molecule has 2 N–H and O–H groups in total. The summed E-state index contributed by atoms with van der Waals surface area (Å²) in [7, 11) is -1.17. The van der Waals surface area contributed by atoms with E-state index in [0.717, 1.165) is 12.7 Å². The minimum atomic E-state index is -1.91. The molecular weight excluding hydrogens is 220 g/mol. The quantitative estimate of drug-likeness (QED) is 0.678. The highest BCUT2D eigenvalue weighted by molar-refractivity contribution is 6.87. The molecule has 92 valence electrons. The Morgan fingerprint density at radius 1 is 1.20 bits per heavy atom. The van der Waals surface area contributed by atoms with Gasteiger partial charge in [0, 0.05) is 6.61 Å². The van der Waals surface area contributed by atoms with Gasteiger partial charge in [0.05, 0.1) is 0 Å². The molecular formula is C10H28N2OSi2. The Balaban J connectivity index is 4.64. The summed E-state index contributed by atoms with van der Waals surface area (Å²) < 4.78 is 9.81. The highest BCUT2D eigenvalue weighted by atomic mass is 28.4. The van der Waals surface area contributed by atoms with Crippen LogP contribution in [0.15, 0.2) is 0 Å². The van der Waals surface area contributed by atoms with Gasteiger partial charge in [0.2, 0.25) is 0 Å². The molecule has 0 heterocycles. The maximum absolute atomic E-state index is 6.02. The molecule has 0 aliphatic carbocycles. The lowest BCUT2D eigenvalue weighted by molar-refractivity contribution is 0.302. The first-order chi connectivity index (χ1) is 6.74. The Morgan fingerprint density at radius 3 is 2.00 bits per heavy atom. The monoisotopic (exact) mass is 248 g/mol. The fourth-order valence-electron chi connectivity index (χ4n) is 1.81. The van der Waals surface area contributed by atoms with Crippen LogP contribution in [0.5, 0.6) is 0 Å². The van der Waals surface area contributed by atoms with Gasteiger partial charge in [-0.25, -0.2) is 0 Å². The minimum absolute atomic E-state index is 0.666. The Labute approximate surface area is 97.4 Å². The topological polar surface area (TPSA) is 33.3 Å². The van der Waals surface area contributed by atoms with Crippen molar-refractivity contribution in [1.82, 2.24) is 9.63 Å². The SMILES string of the molecule is CCO[Si](CC(C)C)(NC)N[Si](C)(C)C. The van der Waals surface area contributed by atoms with Gasteiger partial charge in [0.15, 0.2) is 0 Å². The van der Waals surface area contributed by atoms with Crippen LogP contribution in [-0.4, -0.2) is 30.5 Å². The van der Waals surface area contributed by atoms with E-state index in [9.17, 15) is 0 Å². The van der Waals surface area contributed by atoms with E-state index in [1.807, 2.05) is 7.05 Å². The molecule has 5 heteroatoms. The van der Waals surface area contributed by atoms with Crippen molar-refractivity contribution < 1.29 is 4.43 Å². The van der Waals surface area contributed by atoms with Crippen LogP contribution < -0.4 is 9.63 Å². The maximum Gasteiger partial charge on any atom is 0.345 e. The summed E-state index contributed by atoms with van der Waals surface area (Å²) >= 11 is 0. The molecule has 0 aliphatic rings. The van der Waals surface area contributed by atoms with Gasteiger partial charge in [0.25, 0.3) is 0 Å². The van der Waals surface area contributed by atoms with E-state index in [2.05, 4.69) is 50.0 Å². The Morgan fingerprint density at radius 2 is 1.73 bits per heavy atom. The highest BCUT2D eigenvalue weighted by Gasteiger charge is 2.38. The van der Waals surface area contributed by atoms with Gasteiger partial charge < -0.3 is 14.1 Å². The van der Waals surface area contributed by atoms with E-state index < -0.39 is 16.9 Å². The molecule has 0 saturated heterocycles. The molecule has 15 heavy (non-hydrogen) atoms. The molecule has 1 atom stereocenters. The Hall–Kier alpha value is 0.314. The third-order valence-corrected chi connectivity index (χ3v) is 9.66. The summed E-state index contributed by atoms with van der Waals surface area (Å²) in [4.78, 5) is 3.44. The first kappa shape index (κ1) is 15.3. The largest absolute Gasteiger partial charge is 0.392 e. The van der Waals surface area contributed by atoms with E-state index in [4.69, 9.17) is 4.43 Å². The third-order valence-electron chi connectivity index (χ3n) is 2.07. The lowest BCUT2D eigenvalue weighted by atomic mass is 10.3. The second-order valence-corrected chi connectivity index (χ2v) is 13.8. The minimum Gasteiger partial charge on any atom is -0.392 e. The van der Waals surface area contributed by atoms with Gasteiger partial charge in [-0.15, -0.1) is 0 Å². The van der Waals surface area contributed by atoms with Crippen molar-refractivity contribution in [1.29, 1.82) is 0 Å². The maximum atomic E-state index is 6.02. The van der Waals surface area contributed by atoms with Gasteiger partial charge >= 0.3 is 8.64 Å². The van der Waals surface area contributed by atoms with Crippen LogP contribution >= 0.6 is 0 Å². The predicted octanol–water partition coefficient (Wildman–Crippen LogP) is 2.26. The number of hydrogen-bond acceptors (Lipinski definition) is 3. The van der Waals surface area contributed by atoms with E-state index in [0.29, 0.717) is 5.92 Å². The smallest absolute Gasteiger partial charge is 0.345 e. The van der Waals surface area contributed by atoms with E-state index in [-0.39, 0.29) is 0 Å². The van der Waals surface area contributed by atoms with Crippen LogP contribution in [0.25, 0.3) is 0 Å². The molecule has 0 rings (SSSR count). The van der Waals surface area contributed by atoms with Crippen molar-refractivity contribution in [3.63, 3.8) is 0 Å². The van der Waals surface area contributed by atoms with Gasteiger partial charge in [-0.2, -0.15) is 0 Å². The third kappa shape index (κ3) is 6.47. The Kier molecular flexibility index (Phi) is 6.28. The van der Waals surface area contributed by atoms with Crippen molar-refractivity contribution in [3.8, 4) is 0 Å². The van der Waals surface area contributed by atoms with Gasteiger partial charge in [-0.1, -0.05) is 33.5 Å². The summed E-state index contributed by atoms with van der Waals surface area (Å²) in [6, 6.07) is 1.13. The summed E-state index contributed by atoms with van der Waals surface area (Å²) in [5, 5.41) is 0. The van der Waals surface area contributed by atoms with Crippen LogP contribution in [0, 0.1) is 5.92 Å². The molecule has 0 bridgehead atoms. The van der Waals surface area contributed by atoms with Crippen LogP contribution in [-0.2, 0) is 4.43 Å². The molecule has 0 amide bonds. The van der Waals surface area contributed by atoms with Gasteiger partial charge in [-0.05, 0) is 25.9 Å². The van der Waals surface area contributed by atoms with Gasteiger partial charge in [0.1, 0.15) is 8.24 Å². The number of hydrogen-bond donors (Lipinski definition) is 2. The summed E-state index contributed by atoms with van der Waals surface area (Å²) in [6.45, 7) is 14.3. The molecule has 3 nitrogen and oxygen atoms in total. The summed E-state index contributed by atoms with van der Waals surface area (Å²) in [5.74, 6) is 0.666. The Bertz CT molecular complexity index is 183. The number of rotatable bonds is 7. The van der Waals surface area contributed by atoms with Crippen molar-refractivity contribution in [3.05, 3.63) is 0 Å². The average Bonchev–Trinajstić information content (AvgIpc) is 2.00. The van der Waals surface area contributed by atoms with E-state index in [1.54, 1.807) is 0 Å². The lowest BCUT2D eigenvalue weighted by Gasteiger charge is -2.37. The molecule has 0 aromatic rings. The molecule has 0 fully saturated rings. The average molecular weight is 249 g/mol. The first-order valence-corrected chi connectivity index (χ1v) is 11.5. The molecule has 1 unspecified atom stereocenters. The molecule has 0 aromatic carbocycles. The van der Waals surface area contributed by atoms with Crippen LogP contribution in [0.4, 0.5) is 0 Å². The fraction of sp³-hybridized carbons (Fsp3) is 1.00. The summed E-state index contributed by atoms with van der Waals surface area (Å²) in [5.41, 5.74) is 0. The normalized spacial score (nSPS) is 16.8. The molecule has 0 aliphatic heterocycles. The zero-order valence-electron chi connectivity index (χ0n) is 11.4. The highest BCUT2D eigenvalue weighted by Crippen LogP contribution is 2.15. The first-order valence-electron chi connectivity index (χ1n) is 5.87. The summed E-state index contributed by atoms with van der Waals surface area (Å²) in [6.07, 6.45) is 0. The van der Waals surface area contributed by atoms with Crippen molar-refractivity contribution in [2.24, 2.45) is 5.92 Å². The molecule has 0 saturated carbocycles. The fourth-order valence-corrected chi connectivity index (χ4v) is 9.96. The van der Waals surface area contributed by atoms with Crippen molar-refractivity contribution in [2.75, 3.05) is 13.7 Å². The van der Waals surface area contributed by atoms with Crippen LogP contribution in [0.2, 0.25) is 25.7 Å². The van der Waals surface area contributed by atoms with E-state index >= 15 is 0 Å². The van der Waals surface area contributed by atoms with E-state index in [1.165, 1.54) is 0 Å². The zero-order valence-corrected chi connectivity index (χ0v) is 13.4. The lowest BCUT2D eigenvalue weighted by Crippen LogP contribution is -2.70. The second-order valence-electron chi connectivity index (χ2n) is 5.48. The molecule has 0 spiro atoms. The van der Waals surface area contributed by atoms with Crippen LogP contribution in [0.3, 0.4) is 0 Å². The second kappa shape index (κ2) is 6.15. The van der Waals surface area contributed by atoms with Crippen molar-refractivity contribution in [2.45, 2.75) is 46.5 Å². The predicted molar refractivity (Wildman–Crippen MR) is 72.6 cm³/mol. The zero-order chi connectivity index (χ0) is 12.1. The van der Waals surface area contributed by atoms with Crippen molar-refractivity contribution >= 4 is 16.9 Å². The number of nitrogens with one attached hydrogen (secondary N) is 2.